The minimum Gasteiger partial charge on any atom is -0.382 e. The number of rotatable bonds is 9. The van der Waals surface area contributed by atoms with Crippen molar-refractivity contribution in [3.63, 3.8) is 0 Å². The maximum Gasteiger partial charge on any atom is 0.0700 e. The first-order valence-corrected chi connectivity index (χ1v) is 7.18. The summed E-state index contributed by atoms with van der Waals surface area (Å²) in [6.45, 7) is 4.41. The second-order valence-electron chi connectivity index (χ2n) is 4.78. The van der Waals surface area contributed by atoms with Gasteiger partial charge in [-0.2, -0.15) is 0 Å². The van der Waals surface area contributed by atoms with Crippen molar-refractivity contribution in [3.05, 3.63) is 0 Å². The van der Waals surface area contributed by atoms with Crippen molar-refractivity contribution in [1.29, 1.82) is 0 Å². The zero-order valence-corrected chi connectivity index (χ0v) is 11.7. The first-order chi connectivity index (χ1) is 8.33. The predicted octanol–water partition coefficient (Wildman–Crippen LogP) is 2.43. The van der Waals surface area contributed by atoms with E-state index in [-0.39, 0.29) is 0 Å². The Morgan fingerprint density at radius 1 is 1.12 bits per heavy atom. The first-order valence-electron chi connectivity index (χ1n) is 6.74. The molecule has 1 N–H and O–H groups in total. The summed E-state index contributed by atoms with van der Waals surface area (Å²) in [6, 6.07) is 0. The molecule has 1 rings (SSSR count). The lowest BCUT2D eigenvalue weighted by Gasteiger charge is -2.25. The van der Waals surface area contributed by atoms with Gasteiger partial charge in [0.1, 0.15) is 0 Å². The molecule has 0 spiro atoms. The van der Waals surface area contributed by atoms with Gasteiger partial charge in [-0.05, 0) is 51.1 Å². The number of halogens is 1. The Morgan fingerprint density at radius 2 is 1.88 bits per heavy atom. The zero-order valence-electron chi connectivity index (χ0n) is 10.9. The van der Waals surface area contributed by atoms with Gasteiger partial charge < -0.3 is 14.8 Å². The van der Waals surface area contributed by atoms with E-state index in [0.717, 1.165) is 32.0 Å². The van der Waals surface area contributed by atoms with Crippen LogP contribution in [0.1, 0.15) is 32.1 Å². The lowest BCUT2D eigenvalue weighted by atomic mass is 9.89. The Hall–Kier alpha value is 0.170. The second-order valence-corrected chi connectivity index (χ2v) is 5.40. The number of nitrogens with one attached hydrogen (secondary N) is 1. The van der Waals surface area contributed by atoms with E-state index in [2.05, 4.69) is 5.32 Å². The predicted molar refractivity (Wildman–Crippen MR) is 71.8 cm³/mol. The lowest BCUT2D eigenvalue weighted by molar-refractivity contribution is 0.0694. The van der Waals surface area contributed by atoms with E-state index in [4.69, 9.17) is 21.1 Å². The fourth-order valence-electron chi connectivity index (χ4n) is 2.18. The van der Waals surface area contributed by atoms with Crippen LogP contribution in [0.5, 0.6) is 0 Å². The molecule has 3 nitrogen and oxygen atoms in total. The average Bonchev–Trinajstić information content (AvgIpc) is 2.35. The standard InChI is InChI=1S/C13H26ClNO2/c1-16-9-10-17-8-2-7-15-11-12-3-5-13(14)6-4-12/h12-13,15H,2-11H2,1H3. The number of alkyl halides is 1. The molecule has 0 radical (unpaired) electrons. The summed E-state index contributed by atoms with van der Waals surface area (Å²) >= 11 is 6.08. The number of ether oxygens (including phenoxy) is 2. The Labute approximate surface area is 110 Å². The van der Waals surface area contributed by atoms with Crippen LogP contribution in [0.25, 0.3) is 0 Å². The van der Waals surface area contributed by atoms with Gasteiger partial charge in [0, 0.05) is 19.1 Å². The van der Waals surface area contributed by atoms with Crippen LogP contribution >= 0.6 is 11.6 Å². The fourth-order valence-corrected chi connectivity index (χ4v) is 2.43. The molecule has 0 amide bonds. The minimum atomic E-state index is 0.431. The topological polar surface area (TPSA) is 30.5 Å². The minimum absolute atomic E-state index is 0.431. The molecule has 0 aliphatic heterocycles. The highest BCUT2D eigenvalue weighted by molar-refractivity contribution is 6.20. The molecule has 102 valence electrons. The van der Waals surface area contributed by atoms with Crippen molar-refractivity contribution >= 4 is 11.6 Å². The summed E-state index contributed by atoms with van der Waals surface area (Å²) in [7, 11) is 1.69. The van der Waals surface area contributed by atoms with Crippen LogP contribution in [0.15, 0.2) is 0 Å². The normalized spacial score (nSPS) is 25.1. The van der Waals surface area contributed by atoms with Crippen LogP contribution < -0.4 is 5.32 Å². The van der Waals surface area contributed by atoms with Crippen molar-refractivity contribution in [2.24, 2.45) is 5.92 Å². The zero-order chi connectivity index (χ0) is 12.3. The molecule has 0 unspecified atom stereocenters. The average molecular weight is 264 g/mol. The van der Waals surface area contributed by atoms with Gasteiger partial charge in [0.25, 0.3) is 0 Å². The van der Waals surface area contributed by atoms with Crippen molar-refractivity contribution in [2.75, 3.05) is 40.0 Å². The molecular weight excluding hydrogens is 238 g/mol. The maximum atomic E-state index is 6.08. The molecule has 1 fully saturated rings. The van der Waals surface area contributed by atoms with E-state index in [0.29, 0.717) is 18.6 Å². The molecule has 0 heterocycles. The van der Waals surface area contributed by atoms with Crippen molar-refractivity contribution in [2.45, 2.75) is 37.5 Å². The van der Waals surface area contributed by atoms with Gasteiger partial charge >= 0.3 is 0 Å². The summed E-state index contributed by atoms with van der Waals surface area (Å²) in [4.78, 5) is 0. The Bertz CT molecular complexity index is 173. The molecule has 0 atom stereocenters. The quantitative estimate of drug-likeness (QED) is 0.512. The fraction of sp³-hybridized carbons (Fsp3) is 1.00. The van der Waals surface area contributed by atoms with Crippen molar-refractivity contribution < 1.29 is 9.47 Å². The summed E-state index contributed by atoms with van der Waals surface area (Å²) < 4.78 is 10.3. The van der Waals surface area contributed by atoms with Gasteiger partial charge in [-0.25, -0.2) is 0 Å². The highest BCUT2D eigenvalue weighted by atomic mass is 35.5. The van der Waals surface area contributed by atoms with Crippen LogP contribution in [0, 0.1) is 5.92 Å². The molecule has 0 bridgehead atoms. The largest absolute Gasteiger partial charge is 0.382 e. The van der Waals surface area contributed by atoms with Crippen molar-refractivity contribution in [1.82, 2.24) is 5.32 Å². The molecule has 17 heavy (non-hydrogen) atoms. The number of hydrogen-bond acceptors (Lipinski definition) is 3. The summed E-state index contributed by atoms with van der Waals surface area (Å²) in [5.41, 5.74) is 0. The molecule has 1 saturated carbocycles. The second kappa shape index (κ2) is 10.1. The SMILES string of the molecule is COCCOCCCNCC1CCC(Cl)CC1. The smallest absolute Gasteiger partial charge is 0.0700 e. The van der Waals surface area contributed by atoms with Gasteiger partial charge in [0.05, 0.1) is 13.2 Å². The van der Waals surface area contributed by atoms with Crippen LogP contribution in [0.4, 0.5) is 0 Å². The molecule has 0 saturated heterocycles. The van der Waals surface area contributed by atoms with Crippen LogP contribution in [-0.4, -0.2) is 45.4 Å². The molecule has 0 aromatic heterocycles. The molecule has 4 heteroatoms. The molecule has 1 aliphatic carbocycles. The Morgan fingerprint density at radius 3 is 2.59 bits per heavy atom. The first kappa shape index (κ1) is 15.2. The maximum absolute atomic E-state index is 6.08. The van der Waals surface area contributed by atoms with Crippen LogP contribution in [-0.2, 0) is 9.47 Å². The lowest BCUT2D eigenvalue weighted by Crippen LogP contribution is -2.27. The third kappa shape index (κ3) is 7.98. The van der Waals surface area contributed by atoms with E-state index < -0.39 is 0 Å². The Kier molecular flexibility index (Phi) is 9.07. The third-order valence-electron chi connectivity index (χ3n) is 3.28. The van der Waals surface area contributed by atoms with Gasteiger partial charge in [-0.1, -0.05) is 0 Å². The monoisotopic (exact) mass is 263 g/mol. The summed E-state index contributed by atoms with van der Waals surface area (Å²) in [5, 5.41) is 3.94. The van der Waals surface area contributed by atoms with Gasteiger partial charge in [0.2, 0.25) is 0 Å². The summed E-state index contributed by atoms with van der Waals surface area (Å²) in [6.07, 6.45) is 6.02. The number of hydrogen-bond donors (Lipinski definition) is 1. The Balaban J connectivity index is 1.81. The molecule has 0 aromatic carbocycles. The van der Waals surface area contributed by atoms with Gasteiger partial charge in [0.15, 0.2) is 0 Å². The van der Waals surface area contributed by atoms with E-state index in [1.807, 2.05) is 0 Å². The summed E-state index contributed by atoms with van der Waals surface area (Å²) in [5.74, 6) is 0.833. The van der Waals surface area contributed by atoms with E-state index in [1.165, 1.54) is 25.7 Å². The molecular formula is C13H26ClNO2. The van der Waals surface area contributed by atoms with Crippen LogP contribution in [0.2, 0.25) is 0 Å². The van der Waals surface area contributed by atoms with E-state index in [1.54, 1.807) is 7.11 Å². The molecule has 0 aromatic rings. The highest BCUT2D eigenvalue weighted by Crippen LogP contribution is 2.26. The number of methoxy groups -OCH3 is 1. The van der Waals surface area contributed by atoms with Crippen molar-refractivity contribution in [3.8, 4) is 0 Å². The van der Waals surface area contributed by atoms with Gasteiger partial charge in [-0.3, -0.25) is 0 Å². The van der Waals surface area contributed by atoms with Gasteiger partial charge in [-0.15, -0.1) is 11.6 Å². The van der Waals surface area contributed by atoms with E-state index >= 15 is 0 Å². The molecule has 1 aliphatic rings. The van der Waals surface area contributed by atoms with E-state index in [9.17, 15) is 0 Å². The third-order valence-corrected chi connectivity index (χ3v) is 3.72. The highest BCUT2D eigenvalue weighted by Gasteiger charge is 2.18. The van der Waals surface area contributed by atoms with Crippen LogP contribution in [0.3, 0.4) is 0 Å².